The summed E-state index contributed by atoms with van der Waals surface area (Å²) in [5, 5.41) is 3.26. The third kappa shape index (κ3) is 2.05. The van der Waals surface area contributed by atoms with Crippen molar-refractivity contribution in [1.82, 2.24) is 0 Å². The molecular formula is C19H26N2O. The first-order valence-corrected chi connectivity index (χ1v) is 8.64. The number of benzene rings is 1. The minimum atomic E-state index is -0.0990. The van der Waals surface area contributed by atoms with Crippen LogP contribution in [-0.2, 0) is 4.79 Å². The molecule has 3 nitrogen and oxygen atoms in total. The standard InChI is InChI=1S/C19H26N2O/c1-11-3-4-16(20)12(2)17(11)21-18(22)19-8-13-5-14(9-19)7-15(6-13)10-19/h3-4,13-15H,5-10,20H2,1-2H3,(H,21,22). The first-order valence-electron chi connectivity index (χ1n) is 8.64. The van der Waals surface area contributed by atoms with Gasteiger partial charge in [-0.3, -0.25) is 4.79 Å². The first-order chi connectivity index (χ1) is 10.5. The number of nitrogen functional groups attached to an aromatic ring is 1. The maximum Gasteiger partial charge on any atom is 0.230 e. The molecule has 0 atom stereocenters. The highest BCUT2D eigenvalue weighted by Gasteiger charge is 2.54. The van der Waals surface area contributed by atoms with Crippen molar-refractivity contribution in [3.05, 3.63) is 23.3 Å². The van der Waals surface area contributed by atoms with E-state index in [2.05, 4.69) is 5.32 Å². The van der Waals surface area contributed by atoms with Crippen molar-refractivity contribution in [3.8, 4) is 0 Å². The number of hydrogen-bond donors (Lipinski definition) is 2. The van der Waals surface area contributed by atoms with E-state index in [4.69, 9.17) is 5.73 Å². The number of carbonyl (C=O) groups is 1. The average molecular weight is 298 g/mol. The number of amides is 1. The Labute approximate surface area is 132 Å². The molecule has 3 heteroatoms. The average Bonchev–Trinajstić information content (AvgIpc) is 2.46. The first kappa shape index (κ1) is 14.1. The zero-order chi connectivity index (χ0) is 15.5. The molecule has 4 saturated carbocycles. The Hall–Kier alpha value is -1.51. The van der Waals surface area contributed by atoms with E-state index in [1.165, 1.54) is 19.3 Å². The zero-order valence-corrected chi connectivity index (χ0v) is 13.6. The molecule has 0 aliphatic heterocycles. The van der Waals surface area contributed by atoms with Gasteiger partial charge in [-0.1, -0.05) is 6.07 Å². The van der Waals surface area contributed by atoms with Gasteiger partial charge >= 0.3 is 0 Å². The Bertz CT molecular complexity index is 599. The summed E-state index contributed by atoms with van der Waals surface area (Å²) in [6.45, 7) is 4.04. The van der Waals surface area contributed by atoms with Crippen molar-refractivity contribution >= 4 is 17.3 Å². The maximum absolute atomic E-state index is 13.1. The molecule has 0 unspecified atom stereocenters. The van der Waals surface area contributed by atoms with Gasteiger partial charge in [-0.2, -0.15) is 0 Å². The fraction of sp³-hybridized carbons (Fsp3) is 0.632. The summed E-state index contributed by atoms with van der Waals surface area (Å²) in [7, 11) is 0. The van der Waals surface area contributed by atoms with E-state index < -0.39 is 0 Å². The van der Waals surface area contributed by atoms with E-state index in [1.54, 1.807) is 0 Å². The van der Waals surface area contributed by atoms with E-state index in [0.717, 1.165) is 59.5 Å². The Kier molecular flexibility index (Phi) is 3.04. The molecule has 3 N–H and O–H groups in total. The molecular weight excluding hydrogens is 272 g/mol. The molecule has 5 rings (SSSR count). The Morgan fingerprint density at radius 2 is 1.64 bits per heavy atom. The fourth-order valence-electron chi connectivity index (χ4n) is 5.69. The highest BCUT2D eigenvalue weighted by Crippen LogP contribution is 2.60. The lowest BCUT2D eigenvalue weighted by Gasteiger charge is -2.55. The summed E-state index contributed by atoms with van der Waals surface area (Å²) >= 11 is 0. The van der Waals surface area contributed by atoms with E-state index in [9.17, 15) is 4.79 Å². The van der Waals surface area contributed by atoms with Crippen LogP contribution in [0.5, 0.6) is 0 Å². The molecule has 4 fully saturated rings. The summed E-state index contributed by atoms with van der Waals surface area (Å²) in [6.07, 6.45) is 7.40. The normalized spacial score (nSPS) is 35.6. The van der Waals surface area contributed by atoms with Gasteiger partial charge in [0.1, 0.15) is 0 Å². The predicted molar refractivity (Wildman–Crippen MR) is 89.6 cm³/mol. The van der Waals surface area contributed by atoms with Crippen molar-refractivity contribution < 1.29 is 4.79 Å². The molecule has 1 aromatic rings. The Morgan fingerprint density at radius 3 is 2.18 bits per heavy atom. The lowest BCUT2D eigenvalue weighted by Crippen LogP contribution is -2.51. The second-order valence-corrected chi connectivity index (χ2v) is 8.12. The van der Waals surface area contributed by atoms with Gasteiger partial charge in [-0.15, -0.1) is 0 Å². The smallest absolute Gasteiger partial charge is 0.230 e. The van der Waals surface area contributed by atoms with Crippen LogP contribution in [0.25, 0.3) is 0 Å². The Morgan fingerprint density at radius 1 is 1.09 bits per heavy atom. The van der Waals surface area contributed by atoms with Crippen LogP contribution >= 0.6 is 0 Å². The number of nitrogens with one attached hydrogen (secondary N) is 1. The fourth-order valence-corrected chi connectivity index (χ4v) is 5.69. The molecule has 22 heavy (non-hydrogen) atoms. The van der Waals surface area contributed by atoms with Crippen LogP contribution in [0.3, 0.4) is 0 Å². The monoisotopic (exact) mass is 298 g/mol. The van der Waals surface area contributed by atoms with Crippen molar-refractivity contribution in [2.24, 2.45) is 23.2 Å². The molecule has 0 aromatic heterocycles. The largest absolute Gasteiger partial charge is 0.398 e. The molecule has 4 aliphatic rings. The van der Waals surface area contributed by atoms with Crippen LogP contribution in [0.4, 0.5) is 11.4 Å². The molecule has 118 valence electrons. The number of hydrogen-bond acceptors (Lipinski definition) is 2. The molecule has 4 bridgehead atoms. The summed E-state index contributed by atoms with van der Waals surface area (Å²) in [6, 6.07) is 3.92. The summed E-state index contributed by atoms with van der Waals surface area (Å²) in [4.78, 5) is 13.1. The van der Waals surface area contributed by atoms with Crippen LogP contribution in [0.2, 0.25) is 0 Å². The van der Waals surface area contributed by atoms with Crippen LogP contribution in [0, 0.1) is 37.0 Å². The van der Waals surface area contributed by atoms with Gasteiger partial charge in [0.15, 0.2) is 0 Å². The van der Waals surface area contributed by atoms with Crippen LogP contribution in [0.15, 0.2) is 12.1 Å². The SMILES string of the molecule is Cc1ccc(N)c(C)c1NC(=O)C12CC3CC(CC(C3)C1)C2. The number of rotatable bonds is 2. The van der Waals surface area contributed by atoms with Gasteiger partial charge in [0, 0.05) is 11.4 Å². The van der Waals surface area contributed by atoms with Crippen LogP contribution in [-0.4, -0.2) is 5.91 Å². The van der Waals surface area contributed by atoms with E-state index in [0.29, 0.717) is 0 Å². The quantitative estimate of drug-likeness (QED) is 0.810. The summed E-state index contributed by atoms with van der Waals surface area (Å²) in [5.74, 6) is 2.63. The number of anilines is 2. The predicted octanol–water partition coefficient (Wildman–Crippen LogP) is 4.04. The molecule has 0 saturated heterocycles. The summed E-state index contributed by atoms with van der Waals surface area (Å²) in [5.41, 5.74) is 9.71. The number of nitrogens with two attached hydrogens (primary N) is 1. The molecule has 0 spiro atoms. The van der Waals surface area contributed by atoms with E-state index in [-0.39, 0.29) is 11.3 Å². The van der Waals surface area contributed by atoms with Gasteiger partial charge in [0.2, 0.25) is 5.91 Å². The molecule has 1 amide bonds. The molecule has 0 heterocycles. The van der Waals surface area contributed by atoms with E-state index >= 15 is 0 Å². The third-order valence-electron chi connectivity index (χ3n) is 6.47. The highest BCUT2D eigenvalue weighted by atomic mass is 16.2. The van der Waals surface area contributed by atoms with Crippen molar-refractivity contribution in [3.63, 3.8) is 0 Å². The number of carbonyl (C=O) groups excluding carboxylic acids is 1. The topological polar surface area (TPSA) is 55.1 Å². The molecule has 0 radical (unpaired) electrons. The van der Waals surface area contributed by atoms with Crippen molar-refractivity contribution in [2.75, 3.05) is 11.1 Å². The summed E-state index contributed by atoms with van der Waals surface area (Å²) < 4.78 is 0. The van der Waals surface area contributed by atoms with Gasteiger partial charge < -0.3 is 11.1 Å². The third-order valence-corrected chi connectivity index (χ3v) is 6.47. The van der Waals surface area contributed by atoms with Crippen molar-refractivity contribution in [1.29, 1.82) is 0 Å². The van der Waals surface area contributed by atoms with Gasteiger partial charge in [-0.05, 0) is 87.3 Å². The highest BCUT2D eigenvalue weighted by molar-refractivity contribution is 5.97. The second-order valence-electron chi connectivity index (χ2n) is 8.12. The lowest BCUT2D eigenvalue weighted by molar-refractivity contribution is -0.140. The molecule has 4 aliphatic carbocycles. The lowest BCUT2D eigenvalue weighted by atomic mass is 9.49. The number of aryl methyl sites for hydroxylation is 1. The van der Waals surface area contributed by atoms with Gasteiger partial charge in [0.05, 0.1) is 5.41 Å². The minimum absolute atomic E-state index is 0.0990. The van der Waals surface area contributed by atoms with E-state index in [1.807, 2.05) is 26.0 Å². The minimum Gasteiger partial charge on any atom is -0.398 e. The van der Waals surface area contributed by atoms with Crippen LogP contribution < -0.4 is 11.1 Å². The van der Waals surface area contributed by atoms with Crippen LogP contribution in [0.1, 0.15) is 49.7 Å². The van der Waals surface area contributed by atoms with Gasteiger partial charge in [0.25, 0.3) is 0 Å². The second kappa shape index (κ2) is 4.74. The maximum atomic E-state index is 13.1. The van der Waals surface area contributed by atoms with Gasteiger partial charge in [-0.25, -0.2) is 0 Å². The Balaban J connectivity index is 1.62. The molecule has 1 aromatic carbocycles. The van der Waals surface area contributed by atoms with Crippen molar-refractivity contribution in [2.45, 2.75) is 52.4 Å². The zero-order valence-electron chi connectivity index (χ0n) is 13.6.